The Morgan fingerprint density at radius 2 is 1.80 bits per heavy atom. The van der Waals surface area contributed by atoms with Gasteiger partial charge in [0.25, 0.3) is 5.91 Å². The van der Waals surface area contributed by atoms with Crippen LogP contribution in [0, 0.1) is 0 Å². The Balaban J connectivity index is 1.10. The zero-order chi connectivity index (χ0) is 34.8. The predicted octanol–water partition coefficient (Wildman–Crippen LogP) is -2.99. The molecule has 0 radical (unpaired) electrons. The minimum atomic E-state index is -2.02. The third-order valence-corrected chi connectivity index (χ3v) is 8.92. The topological polar surface area (TPSA) is 259 Å². The first-order valence-electron chi connectivity index (χ1n) is 16.8. The number of piperidine rings is 1. The molecule has 2 aliphatic heterocycles. The van der Waals surface area contributed by atoms with Gasteiger partial charge in [0.2, 0.25) is 11.9 Å². The molecule has 2 aromatic heterocycles. The molecule has 9 N–H and O–H groups in total. The molecule has 0 bridgehead atoms. The van der Waals surface area contributed by atoms with Crippen molar-refractivity contribution in [2.75, 3.05) is 81.2 Å². The van der Waals surface area contributed by atoms with Gasteiger partial charge in [0.1, 0.15) is 29.0 Å². The summed E-state index contributed by atoms with van der Waals surface area (Å²) in [6.07, 6.45) is -1.84. The van der Waals surface area contributed by atoms with E-state index in [0.29, 0.717) is 96.8 Å². The van der Waals surface area contributed by atoms with Crippen LogP contribution in [-0.2, 0) is 32.2 Å². The third-order valence-electron chi connectivity index (χ3n) is 8.92. The van der Waals surface area contributed by atoms with Crippen molar-refractivity contribution in [3.05, 3.63) is 18.0 Å². The summed E-state index contributed by atoms with van der Waals surface area (Å²) < 4.78 is 12.6. The molecule has 2 saturated heterocycles. The summed E-state index contributed by atoms with van der Waals surface area (Å²) in [5.41, 5.74) is 4.16. The number of aromatic nitrogens is 5. The molecule has 2 unspecified atom stereocenters. The molecule has 1 saturated carbocycles. The standard InChI is InChI=1S/C30H49N11O8/c31-4-11-48-14-10-41-19-21(37-38-41)18-33-29-35-24(15-25(36-29)39-8-12-49-13-9-39)34-20-2-6-40(7-3-20)26(44)1-5-32-28(46)30(47)16-22(42)27(45)23(43)17-30/h15,19-20,22-23,27,42-43,45,47H,1-14,16-18,31H2,(H,32,46)(H2,33,34,35,36). The van der Waals surface area contributed by atoms with Gasteiger partial charge in [0, 0.05) is 70.6 Å². The Kier molecular flexibility index (Phi) is 12.9. The SMILES string of the molecule is NCCOCCn1cc(CNc2nc(NC3CCN(C(=O)CCNC(=O)C4(O)CC(O)C(O)C(O)C4)CC3)cc(N3CCOCC3)n2)nn1. The number of carbonyl (C=O) groups is 2. The van der Waals surface area contributed by atoms with Crippen LogP contribution in [0.2, 0.25) is 0 Å². The van der Waals surface area contributed by atoms with E-state index in [1.54, 1.807) is 9.58 Å². The molecule has 0 spiro atoms. The van der Waals surface area contributed by atoms with Gasteiger partial charge in [0.05, 0.1) is 57.9 Å². The van der Waals surface area contributed by atoms with Crippen LogP contribution in [0.25, 0.3) is 0 Å². The number of carbonyl (C=O) groups excluding carboxylic acids is 2. The van der Waals surface area contributed by atoms with E-state index >= 15 is 0 Å². The van der Waals surface area contributed by atoms with Crippen molar-refractivity contribution in [2.45, 2.75) is 75.1 Å². The number of morpholine rings is 1. The van der Waals surface area contributed by atoms with Crippen LogP contribution < -0.4 is 26.6 Å². The Morgan fingerprint density at radius 1 is 1.06 bits per heavy atom. The average molecular weight is 692 g/mol. The number of amides is 2. The van der Waals surface area contributed by atoms with Gasteiger partial charge in [0.15, 0.2) is 0 Å². The molecule has 1 aliphatic carbocycles. The number of nitrogens with one attached hydrogen (secondary N) is 3. The number of anilines is 3. The first-order chi connectivity index (χ1) is 23.6. The van der Waals surface area contributed by atoms with Crippen molar-refractivity contribution < 1.29 is 39.5 Å². The number of aliphatic hydroxyl groups is 4. The lowest BCUT2D eigenvalue weighted by Crippen LogP contribution is -2.59. The largest absolute Gasteiger partial charge is 0.390 e. The van der Waals surface area contributed by atoms with Gasteiger partial charge < -0.3 is 61.4 Å². The fourth-order valence-electron chi connectivity index (χ4n) is 6.13. The molecule has 19 nitrogen and oxygen atoms in total. The van der Waals surface area contributed by atoms with E-state index in [2.05, 4.69) is 31.2 Å². The number of rotatable bonds is 15. The summed E-state index contributed by atoms with van der Waals surface area (Å²) in [6.45, 7) is 6.09. The van der Waals surface area contributed by atoms with Crippen molar-refractivity contribution in [3.63, 3.8) is 0 Å². The molecule has 2 aromatic rings. The van der Waals surface area contributed by atoms with Gasteiger partial charge in [-0.3, -0.25) is 9.59 Å². The van der Waals surface area contributed by atoms with Crippen molar-refractivity contribution >= 4 is 29.4 Å². The molecule has 3 aliphatic rings. The Labute approximate surface area is 284 Å². The summed E-state index contributed by atoms with van der Waals surface area (Å²) in [7, 11) is 0. The molecule has 272 valence electrons. The number of ether oxygens (including phenoxy) is 2. The van der Waals surface area contributed by atoms with Gasteiger partial charge in [-0.1, -0.05) is 5.21 Å². The van der Waals surface area contributed by atoms with E-state index in [1.807, 2.05) is 12.3 Å². The van der Waals surface area contributed by atoms with Crippen LogP contribution in [-0.4, -0.2) is 158 Å². The average Bonchev–Trinajstić information content (AvgIpc) is 3.56. The molecule has 2 atom stereocenters. The number of aliphatic hydroxyl groups excluding tert-OH is 3. The lowest BCUT2D eigenvalue weighted by Gasteiger charge is -2.39. The first kappa shape index (κ1) is 36.6. The van der Waals surface area contributed by atoms with Crippen LogP contribution in [0.5, 0.6) is 0 Å². The highest BCUT2D eigenvalue weighted by Gasteiger charge is 2.48. The molecule has 4 heterocycles. The van der Waals surface area contributed by atoms with Crippen molar-refractivity contribution in [3.8, 4) is 0 Å². The van der Waals surface area contributed by atoms with Crippen LogP contribution >= 0.6 is 0 Å². The van der Waals surface area contributed by atoms with Crippen molar-refractivity contribution in [1.29, 1.82) is 0 Å². The van der Waals surface area contributed by atoms with Gasteiger partial charge in [-0.05, 0) is 12.8 Å². The van der Waals surface area contributed by atoms with Gasteiger partial charge in [-0.25, -0.2) is 4.68 Å². The minimum absolute atomic E-state index is 0.00650. The molecule has 49 heavy (non-hydrogen) atoms. The zero-order valence-electron chi connectivity index (χ0n) is 27.6. The fourth-order valence-corrected chi connectivity index (χ4v) is 6.13. The third kappa shape index (κ3) is 10.2. The summed E-state index contributed by atoms with van der Waals surface area (Å²) in [4.78, 5) is 38.8. The van der Waals surface area contributed by atoms with Gasteiger partial charge in [-0.15, -0.1) is 5.10 Å². The second-order valence-electron chi connectivity index (χ2n) is 12.6. The number of nitrogens with two attached hydrogens (primary N) is 1. The number of nitrogens with zero attached hydrogens (tertiary/aromatic N) is 7. The Bertz CT molecular complexity index is 1360. The summed E-state index contributed by atoms with van der Waals surface area (Å²) in [5.74, 6) is 0.958. The summed E-state index contributed by atoms with van der Waals surface area (Å²) in [6, 6.07) is 1.99. The molecular formula is C30H49N11O8. The second-order valence-corrected chi connectivity index (χ2v) is 12.6. The molecular weight excluding hydrogens is 642 g/mol. The molecule has 3 fully saturated rings. The zero-order valence-corrected chi connectivity index (χ0v) is 27.6. The van der Waals surface area contributed by atoms with Crippen molar-refractivity contribution in [1.82, 2.24) is 35.2 Å². The summed E-state index contributed by atoms with van der Waals surface area (Å²) in [5, 5.41) is 57.8. The van der Waals surface area contributed by atoms with Crippen LogP contribution in [0.15, 0.2) is 12.3 Å². The highest BCUT2D eigenvalue weighted by molar-refractivity contribution is 5.86. The number of likely N-dealkylation sites (tertiary alicyclic amines) is 1. The molecule has 2 amide bonds. The van der Waals surface area contributed by atoms with Crippen LogP contribution in [0.3, 0.4) is 0 Å². The highest BCUT2D eigenvalue weighted by atomic mass is 16.5. The van der Waals surface area contributed by atoms with E-state index in [-0.39, 0.29) is 24.9 Å². The van der Waals surface area contributed by atoms with Crippen molar-refractivity contribution in [2.24, 2.45) is 5.73 Å². The maximum absolute atomic E-state index is 12.9. The maximum Gasteiger partial charge on any atom is 0.252 e. The molecule has 19 heteroatoms. The lowest BCUT2D eigenvalue weighted by molar-refractivity contribution is -0.172. The molecule has 5 rings (SSSR count). The fraction of sp³-hybridized carbons (Fsp3) is 0.733. The summed E-state index contributed by atoms with van der Waals surface area (Å²) >= 11 is 0. The number of hydrogen-bond donors (Lipinski definition) is 8. The Hall–Kier alpha value is -3.72. The van der Waals surface area contributed by atoms with Gasteiger partial charge in [-0.2, -0.15) is 9.97 Å². The lowest BCUT2D eigenvalue weighted by atomic mass is 9.79. The van der Waals surface area contributed by atoms with E-state index in [4.69, 9.17) is 25.2 Å². The maximum atomic E-state index is 12.9. The van der Waals surface area contributed by atoms with E-state index in [9.17, 15) is 30.0 Å². The monoisotopic (exact) mass is 691 g/mol. The van der Waals surface area contributed by atoms with E-state index in [1.165, 1.54) is 0 Å². The van der Waals surface area contributed by atoms with Gasteiger partial charge >= 0.3 is 0 Å². The highest BCUT2D eigenvalue weighted by Crippen LogP contribution is 2.29. The normalized spacial score (nSPS) is 24.9. The van der Waals surface area contributed by atoms with Crippen LogP contribution in [0.4, 0.5) is 17.6 Å². The molecule has 0 aromatic carbocycles. The predicted molar refractivity (Wildman–Crippen MR) is 175 cm³/mol. The number of hydrogen-bond acceptors (Lipinski definition) is 16. The Morgan fingerprint density at radius 3 is 2.51 bits per heavy atom. The van der Waals surface area contributed by atoms with E-state index in [0.717, 1.165) is 11.5 Å². The van der Waals surface area contributed by atoms with E-state index < -0.39 is 42.7 Å². The minimum Gasteiger partial charge on any atom is -0.390 e. The first-order valence-corrected chi connectivity index (χ1v) is 16.8. The smallest absolute Gasteiger partial charge is 0.252 e. The second kappa shape index (κ2) is 17.3. The quantitative estimate of drug-likeness (QED) is 0.0866. The van der Waals surface area contributed by atoms with Crippen LogP contribution in [0.1, 0.15) is 37.8 Å².